The van der Waals surface area contributed by atoms with E-state index < -0.39 is 0 Å². The number of rotatable bonds is 4. The standard InChI is InChI=1S/C14H23NO/c1-14(2,3)12-8-5-6-9-13(12)15(4)10-7-11-16/h5-6,8-9,16H,7,10-11H2,1-4H3. The van der Waals surface area contributed by atoms with E-state index in [1.165, 1.54) is 11.3 Å². The van der Waals surface area contributed by atoms with Crippen molar-refractivity contribution in [3.05, 3.63) is 29.8 Å². The molecule has 1 aromatic carbocycles. The molecule has 0 radical (unpaired) electrons. The van der Waals surface area contributed by atoms with Crippen LogP contribution in [0.4, 0.5) is 5.69 Å². The van der Waals surface area contributed by atoms with Crippen LogP contribution < -0.4 is 4.90 Å². The summed E-state index contributed by atoms with van der Waals surface area (Å²) in [6, 6.07) is 8.49. The number of anilines is 1. The van der Waals surface area contributed by atoms with Crippen LogP contribution in [-0.2, 0) is 5.41 Å². The lowest BCUT2D eigenvalue weighted by atomic mass is 9.85. The Kier molecular flexibility index (Phi) is 4.36. The second-order valence-corrected chi connectivity index (χ2v) is 5.27. The van der Waals surface area contributed by atoms with Crippen LogP contribution >= 0.6 is 0 Å². The fourth-order valence-corrected chi connectivity index (χ4v) is 1.87. The maximum atomic E-state index is 8.86. The minimum atomic E-state index is 0.157. The second kappa shape index (κ2) is 5.35. The quantitative estimate of drug-likeness (QED) is 0.845. The summed E-state index contributed by atoms with van der Waals surface area (Å²) >= 11 is 0. The van der Waals surface area contributed by atoms with Crippen LogP contribution in [0.1, 0.15) is 32.8 Å². The predicted molar refractivity (Wildman–Crippen MR) is 70.1 cm³/mol. The topological polar surface area (TPSA) is 23.5 Å². The summed E-state index contributed by atoms with van der Waals surface area (Å²) in [5.74, 6) is 0. The molecule has 0 aliphatic heterocycles. The number of hydrogen-bond acceptors (Lipinski definition) is 2. The van der Waals surface area contributed by atoms with E-state index in [1.807, 2.05) is 0 Å². The van der Waals surface area contributed by atoms with Gasteiger partial charge in [0.05, 0.1) is 0 Å². The normalized spacial score (nSPS) is 11.6. The lowest BCUT2D eigenvalue weighted by Gasteiger charge is -2.28. The van der Waals surface area contributed by atoms with Crippen molar-refractivity contribution in [3.8, 4) is 0 Å². The molecule has 0 bridgehead atoms. The largest absolute Gasteiger partial charge is 0.396 e. The van der Waals surface area contributed by atoms with Gasteiger partial charge in [0.2, 0.25) is 0 Å². The zero-order valence-corrected chi connectivity index (χ0v) is 10.8. The highest BCUT2D eigenvalue weighted by atomic mass is 16.3. The third-order valence-electron chi connectivity index (χ3n) is 2.77. The second-order valence-electron chi connectivity index (χ2n) is 5.27. The van der Waals surface area contributed by atoms with Gasteiger partial charge in [-0.2, -0.15) is 0 Å². The first-order valence-electron chi connectivity index (χ1n) is 5.88. The van der Waals surface area contributed by atoms with Crippen LogP contribution in [0.25, 0.3) is 0 Å². The fraction of sp³-hybridized carbons (Fsp3) is 0.571. The van der Waals surface area contributed by atoms with Gasteiger partial charge in [0.25, 0.3) is 0 Å². The number of benzene rings is 1. The highest BCUT2D eigenvalue weighted by molar-refractivity contribution is 5.55. The summed E-state index contributed by atoms with van der Waals surface area (Å²) in [6.45, 7) is 7.83. The van der Waals surface area contributed by atoms with Gasteiger partial charge in [-0.15, -0.1) is 0 Å². The average molecular weight is 221 g/mol. The molecule has 0 fully saturated rings. The van der Waals surface area contributed by atoms with Crippen LogP contribution in [0.15, 0.2) is 24.3 Å². The van der Waals surface area contributed by atoms with E-state index in [9.17, 15) is 0 Å². The SMILES string of the molecule is CN(CCCO)c1ccccc1C(C)(C)C. The van der Waals surface area contributed by atoms with Gasteiger partial charge in [-0.25, -0.2) is 0 Å². The average Bonchev–Trinajstić information content (AvgIpc) is 2.24. The zero-order chi connectivity index (χ0) is 12.2. The molecular formula is C14H23NO. The molecule has 1 aromatic rings. The molecule has 0 heterocycles. The molecule has 0 aliphatic rings. The molecule has 90 valence electrons. The van der Waals surface area contributed by atoms with E-state index >= 15 is 0 Å². The lowest BCUT2D eigenvalue weighted by molar-refractivity contribution is 0.290. The third-order valence-corrected chi connectivity index (χ3v) is 2.77. The number of para-hydroxylation sites is 1. The lowest BCUT2D eigenvalue weighted by Crippen LogP contribution is -2.24. The Morgan fingerprint density at radius 3 is 2.38 bits per heavy atom. The van der Waals surface area contributed by atoms with Crippen molar-refractivity contribution in [2.24, 2.45) is 0 Å². The number of nitrogens with zero attached hydrogens (tertiary/aromatic N) is 1. The van der Waals surface area contributed by atoms with E-state index in [4.69, 9.17) is 5.11 Å². The molecule has 16 heavy (non-hydrogen) atoms. The molecular weight excluding hydrogens is 198 g/mol. The Bertz CT molecular complexity index is 328. The van der Waals surface area contributed by atoms with Crippen molar-refractivity contribution in [3.63, 3.8) is 0 Å². The summed E-state index contributed by atoms with van der Waals surface area (Å²) in [5, 5.41) is 8.86. The fourth-order valence-electron chi connectivity index (χ4n) is 1.87. The number of hydrogen-bond donors (Lipinski definition) is 1. The van der Waals surface area contributed by atoms with E-state index in [0.29, 0.717) is 0 Å². The highest BCUT2D eigenvalue weighted by Gasteiger charge is 2.18. The Morgan fingerprint density at radius 2 is 1.81 bits per heavy atom. The Balaban J connectivity index is 2.94. The molecule has 2 heteroatoms. The molecule has 1 rings (SSSR count). The van der Waals surface area contributed by atoms with Crippen LogP contribution in [0.3, 0.4) is 0 Å². The predicted octanol–water partition coefficient (Wildman–Crippen LogP) is 2.80. The molecule has 0 spiro atoms. The third kappa shape index (κ3) is 3.24. The summed E-state index contributed by atoms with van der Waals surface area (Å²) in [6.07, 6.45) is 0.814. The van der Waals surface area contributed by atoms with Gasteiger partial charge in [-0.1, -0.05) is 39.0 Å². The van der Waals surface area contributed by atoms with E-state index in [1.54, 1.807) is 0 Å². The van der Waals surface area contributed by atoms with Gasteiger partial charge in [0.15, 0.2) is 0 Å². The molecule has 1 N–H and O–H groups in total. The molecule has 0 atom stereocenters. The van der Waals surface area contributed by atoms with Crippen LogP contribution in [0, 0.1) is 0 Å². The first kappa shape index (κ1) is 13.0. The van der Waals surface area contributed by atoms with Crippen molar-refractivity contribution in [1.82, 2.24) is 0 Å². The molecule has 0 unspecified atom stereocenters. The summed E-state index contributed by atoms with van der Waals surface area (Å²) in [4.78, 5) is 2.22. The molecule has 0 aliphatic carbocycles. The van der Waals surface area contributed by atoms with Crippen molar-refractivity contribution in [2.45, 2.75) is 32.6 Å². The maximum absolute atomic E-state index is 8.86. The van der Waals surface area contributed by atoms with Crippen molar-refractivity contribution in [1.29, 1.82) is 0 Å². The van der Waals surface area contributed by atoms with E-state index in [2.05, 4.69) is 57.0 Å². The van der Waals surface area contributed by atoms with Crippen molar-refractivity contribution in [2.75, 3.05) is 25.1 Å². The van der Waals surface area contributed by atoms with Gasteiger partial charge < -0.3 is 10.0 Å². The van der Waals surface area contributed by atoms with E-state index in [0.717, 1.165) is 13.0 Å². The Morgan fingerprint density at radius 1 is 1.19 bits per heavy atom. The first-order valence-corrected chi connectivity index (χ1v) is 5.88. The zero-order valence-electron chi connectivity index (χ0n) is 10.8. The van der Waals surface area contributed by atoms with Gasteiger partial charge in [0.1, 0.15) is 0 Å². The van der Waals surface area contributed by atoms with Crippen molar-refractivity contribution < 1.29 is 5.11 Å². The van der Waals surface area contributed by atoms with Crippen LogP contribution in [0.2, 0.25) is 0 Å². The van der Waals surface area contributed by atoms with Gasteiger partial charge in [-0.3, -0.25) is 0 Å². The maximum Gasteiger partial charge on any atom is 0.0447 e. The minimum absolute atomic E-state index is 0.157. The molecule has 0 saturated heterocycles. The van der Waals surface area contributed by atoms with Gasteiger partial charge in [-0.05, 0) is 23.5 Å². The Hall–Kier alpha value is -1.02. The van der Waals surface area contributed by atoms with Gasteiger partial charge >= 0.3 is 0 Å². The van der Waals surface area contributed by atoms with Gasteiger partial charge in [0, 0.05) is 25.9 Å². The summed E-state index contributed by atoms with van der Waals surface area (Å²) < 4.78 is 0. The van der Waals surface area contributed by atoms with E-state index in [-0.39, 0.29) is 12.0 Å². The van der Waals surface area contributed by atoms with Crippen molar-refractivity contribution >= 4 is 5.69 Å². The molecule has 0 aromatic heterocycles. The Labute approximate surface area is 98.9 Å². The van der Waals surface area contributed by atoms with Crippen LogP contribution in [-0.4, -0.2) is 25.3 Å². The first-order chi connectivity index (χ1) is 7.46. The molecule has 0 saturated carbocycles. The molecule has 2 nitrogen and oxygen atoms in total. The minimum Gasteiger partial charge on any atom is -0.396 e. The monoisotopic (exact) mass is 221 g/mol. The summed E-state index contributed by atoms with van der Waals surface area (Å²) in [5.41, 5.74) is 2.78. The molecule has 0 amide bonds. The highest BCUT2D eigenvalue weighted by Crippen LogP contribution is 2.31. The number of aliphatic hydroxyl groups excluding tert-OH is 1. The van der Waals surface area contributed by atoms with Crippen LogP contribution in [0.5, 0.6) is 0 Å². The number of aliphatic hydroxyl groups is 1. The summed E-state index contributed by atoms with van der Waals surface area (Å²) in [7, 11) is 2.08. The smallest absolute Gasteiger partial charge is 0.0447 e.